The first kappa shape index (κ1) is 15.0. The van der Waals surface area contributed by atoms with Gasteiger partial charge in [-0.25, -0.2) is 4.68 Å². The van der Waals surface area contributed by atoms with E-state index in [1.165, 1.54) is 0 Å². The molecular formula is C15H20N4O2. The van der Waals surface area contributed by atoms with Crippen LogP contribution >= 0.6 is 0 Å². The van der Waals surface area contributed by atoms with Crippen LogP contribution in [-0.4, -0.2) is 14.7 Å². The molecule has 0 saturated carbocycles. The molecule has 0 aliphatic heterocycles. The highest BCUT2D eigenvalue weighted by molar-refractivity contribution is 5.60. The van der Waals surface area contributed by atoms with E-state index in [1.54, 1.807) is 11.7 Å². The fourth-order valence-electron chi connectivity index (χ4n) is 2.31. The topological polar surface area (TPSA) is 73.0 Å². The SMILES string of the molecule is Cc1cccc(CNc2c([N+](=O)[O-])c(C(C)C)nn2C)c1. The number of nitrogens with one attached hydrogen (secondary N) is 1. The summed E-state index contributed by atoms with van der Waals surface area (Å²) in [6.45, 7) is 6.35. The van der Waals surface area contributed by atoms with Crippen LogP contribution in [0.2, 0.25) is 0 Å². The first-order valence-corrected chi connectivity index (χ1v) is 6.91. The smallest absolute Gasteiger partial charge is 0.334 e. The van der Waals surface area contributed by atoms with E-state index in [0.29, 0.717) is 18.1 Å². The Morgan fingerprint density at radius 2 is 2.14 bits per heavy atom. The quantitative estimate of drug-likeness (QED) is 0.676. The third-order valence-corrected chi connectivity index (χ3v) is 3.32. The molecule has 2 aromatic rings. The Labute approximate surface area is 123 Å². The molecule has 1 aromatic carbocycles. The summed E-state index contributed by atoms with van der Waals surface area (Å²) in [5.41, 5.74) is 2.82. The highest BCUT2D eigenvalue weighted by Gasteiger charge is 2.28. The van der Waals surface area contributed by atoms with Crippen molar-refractivity contribution in [1.82, 2.24) is 9.78 Å². The number of aromatic nitrogens is 2. The van der Waals surface area contributed by atoms with Gasteiger partial charge in [-0.15, -0.1) is 0 Å². The third-order valence-electron chi connectivity index (χ3n) is 3.32. The summed E-state index contributed by atoms with van der Waals surface area (Å²) >= 11 is 0. The lowest BCUT2D eigenvalue weighted by atomic mass is 10.1. The molecule has 1 aromatic heterocycles. The van der Waals surface area contributed by atoms with Crippen LogP contribution < -0.4 is 5.32 Å². The van der Waals surface area contributed by atoms with Crippen molar-refractivity contribution in [2.75, 3.05) is 5.32 Å². The van der Waals surface area contributed by atoms with Gasteiger partial charge in [0.15, 0.2) is 0 Å². The normalized spacial score (nSPS) is 10.9. The molecule has 0 fully saturated rings. The van der Waals surface area contributed by atoms with Gasteiger partial charge in [0, 0.05) is 19.5 Å². The maximum atomic E-state index is 11.3. The Morgan fingerprint density at radius 3 is 2.71 bits per heavy atom. The van der Waals surface area contributed by atoms with Gasteiger partial charge in [0.1, 0.15) is 5.69 Å². The minimum Gasteiger partial charge on any atom is -0.360 e. The van der Waals surface area contributed by atoms with Crippen LogP contribution in [0, 0.1) is 17.0 Å². The summed E-state index contributed by atoms with van der Waals surface area (Å²) in [6.07, 6.45) is 0. The Bertz CT molecular complexity index is 662. The summed E-state index contributed by atoms with van der Waals surface area (Å²) in [6, 6.07) is 8.04. The molecule has 1 heterocycles. The minimum absolute atomic E-state index is 0.00567. The molecule has 0 bridgehead atoms. The van der Waals surface area contributed by atoms with Gasteiger partial charge in [0.25, 0.3) is 0 Å². The molecule has 0 radical (unpaired) electrons. The summed E-state index contributed by atoms with van der Waals surface area (Å²) in [7, 11) is 1.72. The molecule has 0 saturated heterocycles. The average Bonchev–Trinajstić information content (AvgIpc) is 2.74. The second kappa shape index (κ2) is 5.95. The molecule has 0 unspecified atom stereocenters. The second-order valence-electron chi connectivity index (χ2n) is 5.46. The molecule has 0 amide bonds. The lowest BCUT2D eigenvalue weighted by Crippen LogP contribution is -2.06. The van der Waals surface area contributed by atoms with Crippen molar-refractivity contribution in [2.24, 2.45) is 7.05 Å². The van der Waals surface area contributed by atoms with Gasteiger partial charge in [-0.1, -0.05) is 43.7 Å². The van der Waals surface area contributed by atoms with E-state index < -0.39 is 0 Å². The molecule has 0 spiro atoms. The van der Waals surface area contributed by atoms with Gasteiger partial charge in [0.2, 0.25) is 5.82 Å². The number of nitrogens with zero attached hydrogens (tertiary/aromatic N) is 3. The zero-order valence-corrected chi connectivity index (χ0v) is 12.8. The lowest BCUT2D eigenvalue weighted by Gasteiger charge is -2.07. The number of aryl methyl sites for hydroxylation is 2. The summed E-state index contributed by atoms with van der Waals surface area (Å²) in [5.74, 6) is 0.455. The number of rotatable bonds is 5. The lowest BCUT2D eigenvalue weighted by molar-refractivity contribution is -0.384. The number of anilines is 1. The van der Waals surface area contributed by atoms with Crippen LogP contribution in [-0.2, 0) is 13.6 Å². The highest BCUT2D eigenvalue weighted by Crippen LogP contribution is 2.32. The van der Waals surface area contributed by atoms with Gasteiger partial charge in [-0.2, -0.15) is 5.10 Å². The Morgan fingerprint density at radius 1 is 1.43 bits per heavy atom. The van der Waals surface area contributed by atoms with E-state index in [-0.39, 0.29) is 16.5 Å². The van der Waals surface area contributed by atoms with Crippen molar-refractivity contribution in [3.63, 3.8) is 0 Å². The Kier molecular flexibility index (Phi) is 4.26. The molecule has 112 valence electrons. The minimum atomic E-state index is -0.360. The van der Waals surface area contributed by atoms with Crippen molar-refractivity contribution in [1.29, 1.82) is 0 Å². The molecule has 0 atom stereocenters. The Balaban J connectivity index is 2.29. The first-order valence-electron chi connectivity index (χ1n) is 6.91. The predicted octanol–water partition coefficient (Wildman–Crippen LogP) is 3.37. The molecule has 6 heteroatoms. The zero-order chi connectivity index (χ0) is 15.6. The number of benzene rings is 1. The van der Waals surface area contributed by atoms with Crippen molar-refractivity contribution in [2.45, 2.75) is 33.2 Å². The predicted molar refractivity (Wildman–Crippen MR) is 82.5 cm³/mol. The summed E-state index contributed by atoms with van der Waals surface area (Å²) in [4.78, 5) is 11.0. The molecule has 0 aliphatic carbocycles. The molecule has 6 nitrogen and oxygen atoms in total. The van der Waals surface area contributed by atoms with Gasteiger partial charge in [-0.3, -0.25) is 10.1 Å². The fraction of sp³-hybridized carbons (Fsp3) is 0.400. The van der Waals surface area contributed by atoms with Crippen LogP contribution in [0.25, 0.3) is 0 Å². The van der Waals surface area contributed by atoms with E-state index in [0.717, 1.165) is 11.1 Å². The van der Waals surface area contributed by atoms with Crippen molar-refractivity contribution in [3.05, 3.63) is 51.2 Å². The average molecular weight is 288 g/mol. The number of nitro groups is 1. The van der Waals surface area contributed by atoms with Crippen molar-refractivity contribution < 1.29 is 4.92 Å². The molecular weight excluding hydrogens is 268 g/mol. The Hall–Kier alpha value is -2.37. The maximum absolute atomic E-state index is 11.3. The zero-order valence-electron chi connectivity index (χ0n) is 12.8. The van der Waals surface area contributed by atoms with Crippen LogP contribution in [0.5, 0.6) is 0 Å². The monoisotopic (exact) mass is 288 g/mol. The first-order chi connectivity index (χ1) is 9.90. The van der Waals surface area contributed by atoms with E-state index in [2.05, 4.69) is 16.5 Å². The van der Waals surface area contributed by atoms with E-state index in [9.17, 15) is 10.1 Å². The highest BCUT2D eigenvalue weighted by atomic mass is 16.6. The largest absolute Gasteiger partial charge is 0.360 e. The van der Waals surface area contributed by atoms with Crippen molar-refractivity contribution in [3.8, 4) is 0 Å². The maximum Gasteiger partial charge on any atom is 0.334 e. The number of hydrogen-bond donors (Lipinski definition) is 1. The molecule has 21 heavy (non-hydrogen) atoms. The second-order valence-corrected chi connectivity index (χ2v) is 5.46. The molecule has 2 rings (SSSR count). The van der Waals surface area contributed by atoms with Crippen LogP contribution in [0.3, 0.4) is 0 Å². The van der Waals surface area contributed by atoms with Crippen molar-refractivity contribution >= 4 is 11.5 Å². The third kappa shape index (κ3) is 3.21. The summed E-state index contributed by atoms with van der Waals surface area (Å²) in [5, 5.41) is 18.8. The van der Waals surface area contributed by atoms with Gasteiger partial charge >= 0.3 is 5.69 Å². The molecule has 1 N–H and O–H groups in total. The van der Waals surface area contributed by atoms with Gasteiger partial charge in [-0.05, 0) is 12.5 Å². The molecule has 0 aliphatic rings. The van der Waals surface area contributed by atoms with E-state index in [4.69, 9.17) is 0 Å². The van der Waals surface area contributed by atoms with Gasteiger partial charge < -0.3 is 5.32 Å². The van der Waals surface area contributed by atoms with Crippen LogP contribution in [0.4, 0.5) is 11.5 Å². The standard InChI is InChI=1S/C15H20N4O2/c1-10(2)13-14(19(20)21)15(18(4)17-13)16-9-12-7-5-6-11(3)8-12/h5-8,10,16H,9H2,1-4H3. The summed E-state index contributed by atoms with van der Waals surface area (Å²) < 4.78 is 1.54. The fourth-order valence-corrected chi connectivity index (χ4v) is 2.31. The van der Waals surface area contributed by atoms with Crippen LogP contribution in [0.1, 0.15) is 36.6 Å². The van der Waals surface area contributed by atoms with E-state index >= 15 is 0 Å². The van der Waals surface area contributed by atoms with Gasteiger partial charge in [0.05, 0.1) is 4.92 Å². The number of hydrogen-bond acceptors (Lipinski definition) is 4. The van der Waals surface area contributed by atoms with E-state index in [1.807, 2.05) is 39.0 Å². The van der Waals surface area contributed by atoms with Crippen LogP contribution in [0.15, 0.2) is 24.3 Å².